The molecule has 3 rings (SSSR count). The fourth-order valence-electron chi connectivity index (χ4n) is 2.59. The van der Waals surface area contributed by atoms with E-state index in [0.29, 0.717) is 19.8 Å². The van der Waals surface area contributed by atoms with Crippen LogP contribution in [0.3, 0.4) is 0 Å². The fraction of sp³-hybridized carbons (Fsp3) is 0.333. The zero-order chi connectivity index (χ0) is 17.6. The molecule has 25 heavy (non-hydrogen) atoms. The van der Waals surface area contributed by atoms with Gasteiger partial charge in [0.1, 0.15) is 5.82 Å². The summed E-state index contributed by atoms with van der Waals surface area (Å²) in [5.41, 5.74) is 1.12. The number of hydrogen-bond donors (Lipinski definition) is 1. The molecule has 0 spiro atoms. The van der Waals surface area contributed by atoms with Crippen molar-refractivity contribution < 1.29 is 18.7 Å². The Kier molecular flexibility index (Phi) is 5.45. The third-order valence-electron chi connectivity index (χ3n) is 4.01. The quantitative estimate of drug-likeness (QED) is 0.898. The number of methoxy groups -OCH3 is 1. The number of pyridine rings is 1. The normalized spacial score (nSPS) is 14.2. The standard InChI is InChI=1S/C18H20FN3O3/c1-24-16-4-3-14(10-15(16)19)18(23)21-12-13-2-5-17(20-11-13)22-6-8-25-9-7-22/h2-5,10-11H,6-9,12H2,1H3,(H,21,23). The number of carbonyl (C=O) groups excluding carboxylic acids is 1. The van der Waals surface area contributed by atoms with Crippen LogP contribution in [-0.4, -0.2) is 44.3 Å². The van der Waals surface area contributed by atoms with E-state index in [1.807, 2.05) is 12.1 Å². The highest BCUT2D eigenvalue weighted by molar-refractivity contribution is 5.94. The molecule has 2 aromatic rings. The number of rotatable bonds is 5. The number of amides is 1. The van der Waals surface area contributed by atoms with Crippen LogP contribution in [0.25, 0.3) is 0 Å². The number of morpholine rings is 1. The topological polar surface area (TPSA) is 63.7 Å². The number of aromatic nitrogens is 1. The van der Waals surface area contributed by atoms with Crippen molar-refractivity contribution in [2.24, 2.45) is 0 Å². The monoisotopic (exact) mass is 345 g/mol. The molecule has 1 aliphatic heterocycles. The third kappa shape index (κ3) is 4.24. The summed E-state index contributed by atoms with van der Waals surface area (Å²) in [5, 5.41) is 2.76. The lowest BCUT2D eigenvalue weighted by Crippen LogP contribution is -2.36. The second-order valence-electron chi connectivity index (χ2n) is 5.66. The number of carbonyl (C=O) groups is 1. The maximum absolute atomic E-state index is 13.7. The predicted molar refractivity (Wildman–Crippen MR) is 91.4 cm³/mol. The van der Waals surface area contributed by atoms with E-state index in [9.17, 15) is 9.18 Å². The Bertz CT molecular complexity index is 731. The molecule has 0 aliphatic carbocycles. The zero-order valence-corrected chi connectivity index (χ0v) is 14.0. The van der Waals surface area contributed by atoms with Crippen molar-refractivity contribution in [3.8, 4) is 5.75 Å². The lowest BCUT2D eigenvalue weighted by atomic mass is 10.2. The van der Waals surface area contributed by atoms with Crippen molar-refractivity contribution in [2.45, 2.75) is 6.54 Å². The predicted octanol–water partition coefficient (Wildman–Crippen LogP) is 2.00. The summed E-state index contributed by atoms with van der Waals surface area (Å²) in [6.07, 6.45) is 1.74. The van der Waals surface area contributed by atoms with Crippen LogP contribution in [0.4, 0.5) is 10.2 Å². The Morgan fingerprint density at radius 3 is 2.76 bits per heavy atom. The van der Waals surface area contributed by atoms with Crippen LogP contribution in [0.1, 0.15) is 15.9 Å². The van der Waals surface area contributed by atoms with E-state index in [4.69, 9.17) is 9.47 Å². The molecule has 7 heteroatoms. The average molecular weight is 345 g/mol. The van der Waals surface area contributed by atoms with Crippen molar-refractivity contribution in [1.29, 1.82) is 0 Å². The fourth-order valence-corrected chi connectivity index (χ4v) is 2.59. The summed E-state index contributed by atoms with van der Waals surface area (Å²) in [6, 6.07) is 7.97. The van der Waals surface area contributed by atoms with Gasteiger partial charge in [0.2, 0.25) is 0 Å². The van der Waals surface area contributed by atoms with Crippen LogP contribution < -0.4 is 15.0 Å². The molecule has 0 bridgehead atoms. The molecule has 1 aromatic heterocycles. The minimum absolute atomic E-state index is 0.111. The van der Waals surface area contributed by atoms with Crippen LogP contribution in [0.2, 0.25) is 0 Å². The Morgan fingerprint density at radius 1 is 1.32 bits per heavy atom. The molecule has 2 heterocycles. The molecular formula is C18H20FN3O3. The summed E-state index contributed by atoms with van der Waals surface area (Å²) in [7, 11) is 1.38. The van der Waals surface area contributed by atoms with Crippen molar-refractivity contribution in [2.75, 3.05) is 38.3 Å². The number of halogens is 1. The van der Waals surface area contributed by atoms with Gasteiger partial charge < -0.3 is 19.7 Å². The Hall–Kier alpha value is -2.67. The number of hydrogen-bond acceptors (Lipinski definition) is 5. The van der Waals surface area contributed by atoms with Gasteiger partial charge in [-0.05, 0) is 29.8 Å². The van der Waals surface area contributed by atoms with Gasteiger partial charge in [-0.1, -0.05) is 6.07 Å². The van der Waals surface area contributed by atoms with Crippen LogP contribution in [0.15, 0.2) is 36.5 Å². The smallest absolute Gasteiger partial charge is 0.251 e. The van der Waals surface area contributed by atoms with E-state index < -0.39 is 5.82 Å². The first-order valence-corrected chi connectivity index (χ1v) is 8.07. The molecule has 1 aromatic carbocycles. The van der Waals surface area contributed by atoms with Crippen LogP contribution in [0, 0.1) is 5.82 Å². The average Bonchev–Trinajstić information content (AvgIpc) is 2.67. The minimum Gasteiger partial charge on any atom is -0.494 e. The first-order chi connectivity index (χ1) is 12.2. The first kappa shape index (κ1) is 17.2. The molecular weight excluding hydrogens is 325 g/mol. The Balaban J connectivity index is 1.57. The van der Waals surface area contributed by atoms with E-state index in [2.05, 4.69) is 15.2 Å². The Labute approximate surface area is 145 Å². The molecule has 1 amide bonds. The van der Waals surface area contributed by atoms with Gasteiger partial charge in [-0.3, -0.25) is 4.79 Å². The molecule has 6 nitrogen and oxygen atoms in total. The molecule has 132 valence electrons. The van der Waals surface area contributed by atoms with E-state index in [1.165, 1.54) is 19.2 Å². The second-order valence-corrected chi connectivity index (χ2v) is 5.66. The van der Waals surface area contributed by atoms with Gasteiger partial charge in [0, 0.05) is 31.4 Å². The maximum atomic E-state index is 13.7. The third-order valence-corrected chi connectivity index (χ3v) is 4.01. The van der Waals surface area contributed by atoms with Gasteiger partial charge in [0.15, 0.2) is 11.6 Å². The molecule has 1 saturated heterocycles. The zero-order valence-electron chi connectivity index (χ0n) is 14.0. The van der Waals surface area contributed by atoms with E-state index in [1.54, 1.807) is 6.20 Å². The second kappa shape index (κ2) is 7.94. The van der Waals surface area contributed by atoms with E-state index in [-0.39, 0.29) is 17.2 Å². The highest BCUT2D eigenvalue weighted by atomic mass is 19.1. The molecule has 0 unspecified atom stereocenters. The van der Waals surface area contributed by atoms with Crippen molar-refractivity contribution in [3.63, 3.8) is 0 Å². The van der Waals surface area contributed by atoms with Gasteiger partial charge in [-0.15, -0.1) is 0 Å². The number of nitrogens with zero attached hydrogens (tertiary/aromatic N) is 2. The van der Waals surface area contributed by atoms with Gasteiger partial charge in [0.05, 0.1) is 20.3 Å². The molecule has 1 aliphatic rings. The summed E-state index contributed by atoms with van der Waals surface area (Å²) >= 11 is 0. The number of ether oxygens (including phenoxy) is 2. The largest absolute Gasteiger partial charge is 0.494 e. The molecule has 1 N–H and O–H groups in total. The highest BCUT2D eigenvalue weighted by Crippen LogP contribution is 2.18. The number of benzene rings is 1. The highest BCUT2D eigenvalue weighted by Gasteiger charge is 2.13. The number of anilines is 1. The molecule has 1 fully saturated rings. The lowest BCUT2D eigenvalue weighted by molar-refractivity contribution is 0.0950. The lowest BCUT2D eigenvalue weighted by Gasteiger charge is -2.27. The Morgan fingerprint density at radius 2 is 2.12 bits per heavy atom. The summed E-state index contributed by atoms with van der Waals surface area (Å²) in [6.45, 7) is 3.39. The van der Waals surface area contributed by atoms with Crippen LogP contribution in [-0.2, 0) is 11.3 Å². The summed E-state index contributed by atoms with van der Waals surface area (Å²) < 4.78 is 23.8. The summed E-state index contributed by atoms with van der Waals surface area (Å²) in [4.78, 5) is 18.7. The van der Waals surface area contributed by atoms with Gasteiger partial charge >= 0.3 is 0 Å². The van der Waals surface area contributed by atoms with Gasteiger partial charge in [-0.2, -0.15) is 0 Å². The number of nitrogens with one attached hydrogen (secondary N) is 1. The SMILES string of the molecule is COc1ccc(C(=O)NCc2ccc(N3CCOCC3)nc2)cc1F. The van der Waals surface area contributed by atoms with Crippen molar-refractivity contribution >= 4 is 11.7 Å². The van der Waals surface area contributed by atoms with Gasteiger partial charge in [-0.25, -0.2) is 9.37 Å². The first-order valence-electron chi connectivity index (χ1n) is 8.07. The van der Waals surface area contributed by atoms with Crippen LogP contribution >= 0.6 is 0 Å². The van der Waals surface area contributed by atoms with Crippen molar-refractivity contribution in [3.05, 3.63) is 53.5 Å². The van der Waals surface area contributed by atoms with Crippen molar-refractivity contribution in [1.82, 2.24) is 10.3 Å². The summed E-state index contributed by atoms with van der Waals surface area (Å²) in [5.74, 6) is 0.0977. The molecule has 0 saturated carbocycles. The maximum Gasteiger partial charge on any atom is 0.251 e. The minimum atomic E-state index is -0.563. The van der Waals surface area contributed by atoms with Gasteiger partial charge in [0.25, 0.3) is 5.91 Å². The van der Waals surface area contributed by atoms with Crippen LogP contribution in [0.5, 0.6) is 5.75 Å². The van der Waals surface area contributed by atoms with E-state index >= 15 is 0 Å². The van der Waals surface area contributed by atoms with E-state index in [0.717, 1.165) is 30.5 Å². The molecule has 0 radical (unpaired) electrons. The molecule has 0 atom stereocenters.